The van der Waals surface area contributed by atoms with E-state index in [2.05, 4.69) is 0 Å². The van der Waals surface area contributed by atoms with Gasteiger partial charge in [-0.25, -0.2) is 4.39 Å². The number of anilines is 1. The lowest BCUT2D eigenvalue weighted by atomic mass is 9.85. The third-order valence-electron chi connectivity index (χ3n) is 5.80. The number of hydrogen-bond donors (Lipinski definition) is 0. The topological polar surface area (TPSA) is 57.7 Å². The fourth-order valence-electron chi connectivity index (χ4n) is 4.33. The van der Waals surface area contributed by atoms with Crippen molar-refractivity contribution in [2.75, 3.05) is 4.90 Å². The van der Waals surface area contributed by atoms with Gasteiger partial charge in [-0.2, -0.15) is 0 Å². The van der Waals surface area contributed by atoms with Crippen LogP contribution >= 0.6 is 11.6 Å². The van der Waals surface area contributed by atoms with Crippen LogP contribution in [-0.2, 0) is 4.79 Å². The normalized spacial score (nSPS) is 20.2. The predicted molar refractivity (Wildman–Crippen MR) is 114 cm³/mol. The third kappa shape index (κ3) is 2.86. The van der Waals surface area contributed by atoms with Crippen LogP contribution < -0.4 is 4.90 Å². The first-order chi connectivity index (χ1) is 14.9. The molecule has 0 bridgehead atoms. The summed E-state index contributed by atoms with van der Waals surface area (Å²) in [6.45, 7) is 1.82. The van der Waals surface area contributed by atoms with Crippen LogP contribution in [0.3, 0.4) is 0 Å². The van der Waals surface area contributed by atoms with Crippen LogP contribution in [0.2, 0.25) is 5.02 Å². The molecule has 0 spiro atoms. The first kappa shape index (κ1) is 19.5. The Bertz CT molecular complexity index is 1220. The second-order valence-electron chi connectivity index (χ2n) is 7.61. The standard InChI is InChI=1S/C24H16ClFN2O3/c1-13-12-15(25)8-11-19(13)27-20(14-6-9-16(26)10-7-14)21(24(27)31)28-22(29)17-4-2-3-5-18(17)23(28)30/h2-12,20-21H,1H3/t20-,21-/m1/s1. The van der Waals surface area contributed by atoms with Gasteiger partial charge in [0.05, 0.1) is 17.2 Å². The van der Waals surface area contributed by atoms with Gasteiger partial charge in [-0.3, -0.25) is 19.3 Å². The maximum Gasteiger partial charge on any atom is 0.262 e. The van der Waals surface area contributed by atoms with Crippen LogP contribution in [0.4, 0.5) is 10.1 Å². The Balaban J connectivity index is 1.61. The van der Waals surface area contributed by atoms with Crippen molar-refractivity contribution < 1.29 is 18.8 Å². The molecule has 0 unspecified atom stereocenters. The summed E-state index contributed by atoms with van der Waals surface area (Å²) in [4.78, 5) is 42.0. The number of fused-ring (bicyclic) bond motifs is 1. The van der Waals surface area contributed by atoms with Crippen molar-refractivity contribution in [1.29, 1.82) is 0 Å². The van der Waals surface area contributed by atoms with Crippen molar-refractivity contribution >= 4 is 35.0 Å². The molecule has 5 rings (SSSR count). The minimum Gasteiger partial charge on any atom is -0.300 e. The van der Waals surface area contributed by atoms with Gasteiger partial charge >= 0.3 is 0 Å². The van der Waals surface area contributed by atoms with E-state index in [0.717, 1.165) is 10.5 Å². The minimum absolute atomic E-state index is 0.277. The van der Waals surface area contributed by atoms with E-state index in [4.69, 9.17) is 11.6 Å². The molecular weight excluding hydrogens is 419 g/mol. The second kappa shape index (κ2) is 7.03. The molecule has 2 aliphatic rings. The number of β-lactam (4-membered cyclic amide) rings is 1. The molecule has 0 saturated carbocycles. The van der Waals surface area contributed by atoms with Crippen LogP contribution in [0, 0.1) is 12.7 Å². The Kier molecular flexibility index (Phi) is 4.41. The maximum atomic E-state index is 13.6. The average Bonchev–Trinajstić information content (AvgIpc) is 3.00. The van der Waals surface area contributed by atoms with Crippen molar-refractivity contribution in [2.45, 2.75) is 19.0 Å². The van der Waals surface area contributed by atoms with Crippen molar-refractivity contribution in [3.05, 3.63) is 99.8 Å². The highest BCUT2D eigenvalue weighted by Crippen LogP contribution is 2.45. The summed E-state index contributed by atoms with van der Waals surface area (Å²) in [6.07, 6.45) is 0. The Morgan fingerprint density at radius 2 is 1.42 bits per heavy atom. The van der Waals surface area contributed by atoms with E-state index in [0.29, 0.717) is 16.3 Å². The molecule has 2 atom stereocenters. The Morgan fingerprint density at radius 1 is 0.806 bits per heavy atom. The lowest BCUT2D eigenvalue weighted by Crippen LogP contribution is -2.67. The Labute approximate surface area is 182 Å². The van der Waals surface area contributed by atoms with Gasteiger partial charge < -0.3 is 4.90 Å². The zero-order valence-electron chi connectivity index (χ0n) is 16.4. The fraction of sp³-hybridized carbons (Fsp3) is 0.125. The van der Waals surface area contributed by atoms with E-state index in [1.165, 1.54) is 17.0 Å². The smallest absolute Gasteiger partial charge is 0.262 e. The molecule has 1 fully saturated rings. The van der Waals surface area contributed by atoms with Crippen LogP contribution in [0.25, 0.3) is 0 Å². The van der Waals surface area contributed by atoms with Crippen LogP contribution in [0.5, 0.6) is 0 Å². The molecule has 0 aliphatic carbocycles. The quantitative estimate of drug-likeness (QED) is 0.449. The molecule has 2 aliphatic heterocycles. The highest BCUT2D eigenvalue weighted by molar-refractivity contribution is 6.30. The van der Waals surface area contributed by atoms with Gasteiger partial charge in [-0.05, 0) is 60.5 Å². The van der Waals surface area contributed by atoms with Crippen LogP contribution in [0.1, 0.15) is 37.9 Å². The van der Waals surface area contributed by atoms with Gasteiger partial charge in [0.1, 0.15) is 11.9 Å². The zero-order valence-corrected chi connectivity index (χ0v) is 17.1. The lowest BCUT2D eigenvalue weighted by Gasteiger charge is -2.50. The van der Waals surface area contributed by atoms with Crippen molar-refractivity contribution in [2.24, 2.45) is 0 Å². The fourth-order valence-corrected chi connectivity index (χ4v) is 4.56. The summed E-state index contributed by atoms with van der Waals surface area (Å²) in [7, 11) is 0. The minimum atomic E-state index is -1.02. The molecule has 3 aromatic rings. The number of nitrogens with zero attached hydrogens (tertiary/aromatic N) is 2. The molecular formula is C24H16ClFN2O3. The van der Waals surface area contributed by atoms with E-state index in [1.54, 1.807) is 54.6 Å². The zero-order chi connectivity index (χ0) is 21.9. The van der Waals surface area contributed by atoms with Gasteiger partial charge in [-0.1, -0.05) is 35.9 Å². The number of aryl methyl sites for hydroxylation is 1. The molecule has 3 amide bonds. The van der Waals surface area contributed by atoms with E-state index in [-0.39, 0.29) is 17.0 Å². The number of halogens is 2. The second-order valence-corrected chi connectivity index (χ2v) is 8.04. The summed E-state index contributed by atoms with van der Waals surface area (Å²) in [6, 6.07) is 15.7. The summed E-state index contributed by atoms with van der Waals surface area (Å²) >= 11 is 6.07. The van der Waals surface area contributed by atoms with Crippen molar-refractivity contribution in [1.82, 2.24) is 4.90 Å². The molecule has 0 radical (unpaired) electrons. The van der Waals surface area contributed by atoms with Gasteiger partial charge in [0.15, 0.2) is 0 Å². The molecule has 31 heavy (non-hydrogen) atoms. The number of amides is 3. The number of benzene rings is 3. The summed E-state index contributed by atoms with van der Waals surface area (Å²) in [5.41, 5.74) is 2.57. The highest BCUT2D eigenvalue weighted by Gasteiger charge is 2.57. The molecule has 3 aromatic carbocycles. The number of rotatable bonds is 3. The summed E-state index contributed by atoms with van der Waals surface area (Å²) in [5, 5.41) is 0.532. The molecule has 1 saturated heterocycles. The number of carbonyl (C=O) groups is 3. The molecule has 2 heterocycles. The first-order valence-electron chi connectivity index (χ1n) is 9.70. The van der Waals surface area contributed by atoms with Crippen LogP contribution in [0.15, 0.2) is 66.7 Å². The van der Waals surface area contributed by atoms with Gasteiger partial charge in [-0.15, -0.1) is 0 Å². The lowest BCUT2D eigenvalue weighted by molar-refractivity contribution is -0.130. The monoisotopic (exact) mass is 434 g/mol. The predicted octanol–water partition coefficient (Wildman–Crippen LogP) is 4.54. The molecule has 5 nitrogen and oxygen atoms in total. The van der Waals surface area contributed by atoms with Gasteiger partial charge in [0.2, 0.25) is 0 Å². The Hall–Kier alpha value is -3.51. The molecule has 7 heteroatoms. The summed E-state index contributed by atoms with van der Waals surface area (Å²) in [5.74, 6) is -1.80. The van der Waals surface area contributed by atoms with E-state index in [9.17, 15) is 18.8 Å². The van der Waals surface area contributed by atoms with E-state index < -0.39 is 29.7 Å². The first-order valence-corrected chi connectivity index (χ1v) is 10.1. The highest BCUT2D eigenvalue weighted by atomic mass is 35.5. The SMILES string of the molecule is Cc1cc(Cl)ccc1N1C(=O)[C@H](N2C(=O)c3ccccc3C2=O)[C@H]1c1ccc(F)cc1. The van der Waals surface area contributed by atoms with Crippen LogP contribution in [-0.4, -0.2) is 28.7 Å². The van der Waals surface area contributed by atoms with Gasteiger partial charge in [0, 0.05) is 10.7 Å². The third-order valence-corrected chi connectivity index (χ3v) is 6.04. The van der Waals surface area contributed by atoms with E-state index in [1.807, 2.05) is 6.92 Å². The number of imide groups is 1. The molecule has 0 aromatic heterocycles. The van der Waals surface area contributed by atoms with E-state index >= 15 is 0 Å². The number of hydrogen-bond acceptors (Lipinski definition) is 3. The Morgan fingerprint density at radius 3 is 2.00 bits per heavy atom. The largest absolute Gasteiger partial charge is 0.300 e. The van der Waals surface area contributed by atoms with Gasteiger partial charge in [0.25, 0.3) is 17.7 Å². The summed E-state index contributed by atoms with van der Waals surface area (Å²) < 4.78 is 13.6. The van der Waals surface area contributed by atoms with Crippen molar-refractivity contribution in [3.63, 3.8) is 0 Å². The maximum absolute atomic E-state index is 13.6. The van der Waals surface area contributed by atoms with Crippen molar-refractivity contribution in [3.8, 4) is 0 Å². The molecule has 154 valence electrons. The molecule has 0 N–H and O–H groups in total. The number of carbonyl (C=O) groups excluding carboxylic acids is 3. The average molecular weight is 435 g/mol.